The predicted octanol–water partition coefficient (Wildman–Crippen LogP) is 2.87. The van der Waals surface area contributed by atoms with Crippen LogP contribution in [0.4, 0.5) is 0 Å². The number of benzene rings is 2. The number of carboxylic acids is 1. The summed E-state index contributed by atoms with van der Waals surface area (Å²) in [4.78, 5) is 26.2. The number of hydrogen-bond acceptors (Lipinski definition) is 3. The highest BCUT2D eigenvalue weighted by molar-refractivity contribution is 5.82. The number of carbonyl (C=O) groups is 2. The van der Waals surface area contributed by atoms with Crippen LogP contribution in [0.3, 0.4) is 0 Å². The minimum Gasteiger partial charge on any atom is -0.496 e. The standard InChI is InChI=1S/C21H23NO4/c1-14-8-9-19(26-2)16(10-14)11-20(23)22-12-17(18(13-22)21(24)25)15-6-4-3-5-7-15/h3-10,17-18H,11-13H2,1-2H3,(H,24,25). The molecule has 2 aromatic rings. The van der Waals surface area contributed by atoms with Gasteiger partial charge in [0.15, 0.2) is 0 Å². The summed E-state index contributed by atoms with van der Waals surface area (Å²) >= 11 is 0. The van der Waals surface area contributed by atoms with Crippen molar-refractivity contribution < 1.29 is 19.4 Å². The lowest BCUT2D eigenvalue weighted by atomic mass is 9.89. The summed E-state index contributed by atoms with van der Waals surface area (Å²) in [6.45, 7) is 2.63. The molecule has 2 atom stereocenters. The van der Waals surface area contributed by atoms with Gasteiger partial charge < -0.3 is 14.7 Å². The first-order chi connectivity index (χ1) is 12.5. The number of aryl methyl sites for hydroxylation is 1. The number of carboxylic acid groups (broad SMARTS) is 1. The second-order valence-corrected chi connectivity index (χ2v) is 6.75. The number of nitrogens with zero attached hydrogens (tertiary/aromatic N) is 1. The lowest BCUT2D eigenvalue weighted by Crippen LogP contribution is -2.31. The maximum atomic E-state index is 12.8. The molecule has 1 aliphatic rings. The summed E-state index contributed by atoms with van der Waals surface area (Å²) in [7, 11) is 1.58. The smallest absolute Gasteiger partial charge is 0.308 e. The van der Waals surface area contributed by atoms with Crippen LogP contribution in [0.25, 0.3) is 0 Å². The Bertz CT molecular complexity index is 803. The van der Waals surface area contributed by atoms with Crippen LogP contribution in [0, 0.1) is 12.8 Å². The zero-order valence-corrected chi connectivity index (χ0v) is 15.0. The first-order valence-corrected chi connectivity index (χ1v) is 8.68. The highest BCUT2D eigenvalue weighted by Gasteiger charge is 2.40. The van der Waals surface area contributed by atoms with Crippen molar-refractivity contribution in [2.24, 2.45) is 5.92 Å². The molecule has 5 nitrogen and oxygen atoms in total. The number of amides is 1. The largest absolute Gasteiger partial charge is 0.496 e. The molecule has 0 aliphatic carbocycles. The van der Waals surface area contributed by atoms with Crippen molar-refractivity contribution in [3.8, 4) is 5.75 Å². The van der Waals surface area contributed by atoms with Gasteiger partial charge in [-0.3, -0.25) is 9.59 Å². The number of rotatable bonds is 5. The SMILES string of the molecule is COc1ccc(C)cc1CC(=O)N1CC(C(=O)O)C(c2ccccc2)C1. The van der Waals surface area contributed by atoms with Gasteiger partial charge >= 0.3 is 5.97 Å². The topological polar surface area (TPSA) is 66.8 Å². The quantitative estimate of drug-likeness (QED) is 0.898. The van der Waals surface area contributed by atoms with Crippen molar-refractivity contribution in [3.63, 3.8) is 0 Å². The van der Waals surface area contributed by atoms with Crippen molar-refractivity contribution >= 4 is 11.9 Å². The van der Waals surface area contributed by atoms with Gasteiger partial charge in [-0.05, 0) is 18.6 Å². The van der Waals surface area contributed by atoms with Gasteiger partial charge in [0.05, 0.1) is 19.4 Å². The number of methoxy groups -OCH3 is 1. The summed E-state index contributed by atoms with van der Waals surface area (Å²) in [6, 6.07) is 15.3. The van der Waals surface area contributed by atoms with Crippen LogP contribution in [0.1, 0.15) is 22.6 Å². The van der Waals surface area contributed by atoms with E-state index >= 15 is 0 Å². The Balaban J connectivity index is 1.78. The molecular weight excluding hydrogens is 330 g/mol. The Morgan fingerprint density at radius 2 is 1.88 bits per heavy atom. The normalized spacial score (nSPS) is 19.4. The molecule has 0 aromatic heterocycles. The maximum absolute atomic E-state index is 12.8. The first kappa shape index (κ1) is 18.0. The third kappa shape index (κ3) is 3.72. The van der Waals surface area contributed by atoms with Gasteiger partial charge in [-0.1, -0.05) is 48.0 Å². The Labute approximate surface area is 153 Å². The molecule has 1 heterocycles. The zero-order chi connectivity index (χ0) is 18.7. The molecule has 136 valence electrons. The van der Waals surface area contributed by atoms with E-state index < -0.39 is 11.9 Å². The predicted molar refractivity (Wildman–Crippen MR) is 98.3 cm³/mol. The molecule has 0 saturated carbocycles. The molecule has 1 amide bonds. The molecule has 0 radical (unpaired) electrons. The molecule has 1 N–H and O–H groups in total. The van der Waals surface area contributed by atoms with Crippen LogP contribution < -0.4 is 4.74 Å². The summed E-state index contributed by atoms with van der Waals surface area (Å²) in [5.41, 5.74) is 2.84. The number of aliphatic carboxylic acids is 1. The average molecular weight is 353 g/mol. The van der Waals surface area contributed by atoms with Gasteiger partial charge in [-0.25, -0.2) is 0 Å². The highest BCUT2D eigenvalue weighted by atomic mass is 16.5. The van der Waals surface area contributed by atoms with Gasteiger partial charge in [0.25, 0.3) is 0 Å². The molecule has 2 aromatic carbocycles. The van der Waals surface area contributed by atoms with Crippen LogP contribution in [-0.4, -0.2) is 42.1 Å². The van der Waals surface area contributed by atoms with E-state index in [9.17, 15) is 14.7 Å². The minimum absolute atomic E-state index is 0.0708. The van der Waals surface area contributed by atoms with Gasteiger partial charge in [0.1, 0.15) is 5.75 Å². The molecule has 1 fully saturated rings. The fraction of sp³-hybridized carbons (Fsp3) is 0.333. The van der Waals surface area contributed by atoms with Crippen molar-refractivity contribution in [1.29, 1.82) is 0 Å². The van der Waals surface area contributed by atoms with Gasteiger partial charge in [0.2, 0.25) is 5.91 Å². The number of carbonyl (C=O) groups excluding carboxylic acids is 1. The summed E-state index contributed by atoms with van der Waals surface area (Å²) in [6.07, 6.45) is 0.207. The second-order valence-electron chi connectivity index (χ2n) is 6.75. The maximum Gasteiger partial charge on any atom is 0.308 e. The third-order valence-electron chi connectivity index (χ3n) is 5.00. The molecule has 3 rings (SSSR count). The number of likely N-dealkylation sites (tertiary alicyclic amines) is 1. The average Bonchev–Trinajstić information content (AvgIpc) is 3.08. The van der Waals surface area contributed by atoms with E-state index in [1.165, 1.54) is 0 Å². The molecule has 1 aliphatic heterocycles. The first-order valence-electron chi connectivity index (χ1n) is 8.68. The van der Waals surface area contributed by atoms with Gasteiger partial charge in [-0.15, -0.1) is 0 Å². The minimum atomic E-state index is -0.859. The van der Waals surface area contributed by atoms with Gasteiger partial charge in [0, 0.05) is 24.6 Å². The molecule has 2 unspecified atom stereocenters. The second kappa shape index (κ2) is 7.60. The van der Waals surface area contributed by atoms with Crippen LogP contribution in [0.15, 0.2) is 48.5 Å². The molecule has 5 heteroatoms. The Morgan fingerprint density at radius 1 is 1.15 bits per heavy atom. The third-order valence-corrected chi connectivity index (χ3v) is 5.00. The van der Waals surface area contributed by atoms with E-state index in [4.69, 9.17) is 4.74 Å². The highest BCUT2D eigenvalue weighted by Crippen LogP contribution is 2.33. The van der Waals surface area contributed by atoms with Crippen LogP contribution in [-0.2, 0) is 16.0 Å². The lowest BCUT2D eigenvalue weighted by molar-refractivity contribution is -0.141. The monoisotopic (exact) mass is 353 g/mol. The Morgan fingerprint density at radius 3 is 2.54 bits per heavy atom. The summed E-state index contributed by atoms with van der Waals surface area (Å²) in [5, 5.41) is 9.59. The van der Waals surface area contributed by atoms with Crippen molar-refractivity contribution in [2.45, 2.75) is 19.3 Å². The van der Waals surface area contributed by atoms with Crippen LogP contribution in [0.5, 0.6) is 5.75 Å². The van der Waals surface area contributed by atoms with E-state index in [1.807, 2.05) is 55.5 Å². The van der Waals surface area contributed by atoms with E-state index in [1.54, 1.807) is 12.0 Å². The van der Waals surface area contributed by atoms with Crippen LogP contribution >= 0.6 is 0 Å². The molecule has 1 saturated heterocycles. The fourth-order valence-corrected chi connectivity index (χ4v) is 3.62. The fourth-order valence-electron chi connectivity index (χ4n) is 3.62. The number of hydrogen-bond donors (Lipinski definition) is 1. The summed E-state index contributed by atoms with van der Waals surface area (Å²) in [5.74, 6) is -1.02. The molecule has 0 spiro atoms. The van der Waals surface area contributed by atoms with Crippen molar-refractivity contribution in [1.82, 2.24) is 4.90 Å². The van der Waals surface area contributed by atoms with Gasteiger partial charge in [-0.2, -0.15) is 0 Å². The van der Waals surface area contributed by atoms with E-state index in [-0.39, 0.29) is 24.8 Å². The lowest BCUT2D eigenvalue weighted by Gasteiger charge is -2.18. The molecule has 0 bridgehead atoms. The van der Waals surface area contributed by atoms with E-state index in [2.05, 4.69) is 0 Å². The number of ether oxygens (including phenoxy) is 1. The zero-order valence-electron chi connectivity index (χ0n) is 15.0. The van der Waals surface area contributed by atoms with Crippen molar-refractivity contribution in [2.75, 3.05) is 20.2 Å². The van der Waals surface area contributed by atoms with E-state index in [0.29, 0.717) is 12.3 Å². The Kier molecular flexibility index (Phi) is 5.26. The Hall–Kier alpha value is -2.82. The van der Waals surface area contributed by atoms with Crippen LogP contribution in [0.2, 0.25) is 0 Å². The summed E-state index contributed by atoms with van der Waals surface area (Å²) < 4.78 is 5.35. The van der Waals surface area contributed by atoms with Crippen molar-refractivity contribution in [3.05, 3.63) is 65.2 Å². The van der Waals surface area contributed by atoms with E-state index in [0.717, 1.165) is 16.7 Å². The molecular formula is C21H23NO4. The molecule has 26 heavy (non-hydrogen) atoms.